The molecule has 0 heterocycles. The SMILES string of the molecule is Cc1cc([S+](c2ccccc2)c2ccccc2)ccc1OC(=O)c1cccc(C(=O)Oc2c(C)cc([S+](c3ccccc3)c3ccccc3)cc2C)c1. The molecule has 0 atom stereocenters. The normalized spacial score (nSPS) is 11.0. The van der Waals surface area contributed by atoms with Gasteiger partial charge in [0.05, 0.1) is 32.9 Å². The highest BCUT2D eigenvalue weighted by molar-refractivity contribution is 7.97. The molecule has 7 aromatic rings. The molecule has 0 aromatic heterocycles. The highest BCUT2D eigenvalue weighted by Crippen LogP contribution is 2.36. The topological polar surface area (TPSA) is 52.6 Å². The summed E-state index contributed by atoms with van der Waals surface area (Å²) in [5.41, 5.74) is 3.07. The summed E-state index contributed by atoms with van der Waals surface area (Å²) < 4.78 is 11.9. The van der Waals surface area contributed by atoms with Crippen molar-refractivity contribution in [2.24, 2.45) is 0 Å². The molecule has 0 spiro atoms. The zero-order valence-corrected chi connectivity index (χ0v) is 31.3. The van der Waals surface area contributed by atoms with Gasteiger partial charge in [-0.3, -0.25) is 0 Å². The van der Waals surface area contributed by atoms with Crippen LogP contribution in [-0.2, 0) is 21.8 Å². The van der Waals surface area contributed by atoms with Gasteiger partial charge in [0.2, 0.25) is 0 Å². The summed E-state index contributed by atoms with van der Waals surface area (Å²) in [7, 11) is -0.657. The summed E-state index contributed by atoms with van der Waals surface area (Å²) in [6.45, 7) is 5.86. The summed E-state index contributed by atoms with van der Waals surface area (Å²) in [4.78, 5) is 34.1. The molecule has 0 aliphatic heterocycles. The zero-order chi connectivity index (χ0) is 36.7. The van der Waals surface area contributed by atoms with E-state index in [2.05, 4.69) is 115 Å². The zero-order valence-electron chi connectivity index (χ0n) is 29.7. The monoisotopic (exact) mass is 730 g/mol. The number of esters is 2. The maximum absolute atomic E-state index is 13.5. The van der Waals surface area contributed by atoms with Gasteiger partial charge < -0.3 is 9.47 Å². The Morgan fingerprint density at radius 3 is 1.21 bits per heavy atom. The standard InChI is InChI=1S/C47H38O4S2/c1-33-29-42(52(38-19-8-4-9-20-38)39-21-10-5-11-22-39)27-28-44(33)50-46(48)36-17-16-18-37(32-36)47(49)51-45-34(2)30-43(31-35(45)3)53(40-23-12-6-13-24-40)41-25-14-7-15-26-41/h4-32H,1-3H3/q+2. The van der Waals surface area contributed by atoms with E-state index in [4.69, 9.17) is 9.47 Å². The Kier molecular flexibility index (Phi) is 10.9. The number of hydrogen-bond donors (Lipinski definition) is 0. The molecule has 0 radical (unpaired) electrons. The van der Waals surface area contributed by atoms with E-state index in [1.54, 1.807) is 18.2 Å². The molecular weight excluding hydrogens is 693 g/mol. The van der Waals surface area contributed by atoms with Crippen LogP contribution in [0.5, 0.6) is 11.5 Å². The van der Waals surface area contributed by atoms with E-state index < -0.39 is 11.9 Å². The Labute approximate surface area is 316 Å². The molecular formula is C47H38O4S2+2. The quantitative estimate of drug-likeness (QED) is 0.0799. The Balaban J connectivity index is 1.09. The smallest absolute Gasteiger partial charge is 0.343 e. The average Bonchev–Trinajstić information content (AvgIpc) is 3.19. The molecule has 0 amide bonds. The van der Waals surface area contributed by atoms with Crippen LogP contribution in [0, 0.1) is 20.8 Å². The van der Waals surface area contributed by atoms with Crippen LogP contribution >= 0.6 is 0 Å². The van der Waals surface area contributed by atoms with Crippen LogP contribution in [0.4, 0.5) is 0 Å². The molecule has 0 N–H and O–H groups in total. The van der Waals surface area contributed by atoms with E-state index in [0.29, 0.717) is 11.5 Å². The lowest BCUT2D eigenvalue weighted by Gasteiger charge is -2.14. The molecule has 4 nitrogen and oxygen atoms in total. The Morgan fingerprint density at radius 2 is 0.774 bits per heavy atom. The summed E-state index contributed by atoms with van der Waals surface area (Å²) in [6, 6.07) is 58.3. The van der Waals surface area contributed by atoms with Crippen molar-refractivity contribution in [1.29, 1.82) is 0 Å². The van der Waals surface area contributed by atoms with Crippen molar-refractivity contribution in [3.05, 3.63) is 204 Å². The van der Waals surface area contributed by atoms with Crippen molar-refractivity contribution in [2.45, 2.75) is 50.1 Å². The molecule has 0 saturated heterocycles. The van der Waals surface area contributed by atoms with Crippen LogP contribution in [0.15, 0.2) is 205 Å². The molecule has 6 heteroatoms. The van der Waals surface area contributed by atoms with Crippen LogP contribution in [0.3, 0.4) is 0 Å². The molecule has 0 aliphatic carbocycles. The van der Waals surface area contributed by atoms with Crippen LogP contribution < -0.4 is 9.47 Å². The van der Waals surface area contributed by atoms with Crippen molar-refractivity contribution >= 4 is 33.7 Å². The Morgan fingerprint density at radius 1 is 0.377 bits per heavy atom. The second-order valence-corrected chi connectivity index (χ2v) is 16.6. The molecule has 0 saturated carbocycles. The highest BCUT2D eigenvalue weighted by Gasteiger charge is 2.31. The molecule has 0 unspecified atom stereocenters. The summed E-state index contributed by atoms with van der Waals surface area (Å²) in [5, 5.41) is 0. The van der Waals surface area contributed by atoms with Crippen molar-refractivity contribution in [1.82, 2.24) is 0 Å². The van der Waals surface area contributed by atoms with E-state index >= 15 is 0 Å². The average molecular weight is 731 g/mol. The fourth-order valence-corrected chi connectivity index (χ4v) is 10.6. The van der Waals surface area contributed by atoms with Gasteiger partial charge in [0.1, 0.15) is 11.5 Å². The number of aryl methyl sites for hydroxylation is 3. The van der Waals surface area contributed by atoms with Gasteiger partial charge in [-0.1, -0.05) is 78.9 Å². The van der Waals surface area contributed by atoms with Gasteiger partial charge in [-0.05, 0) is 116 Å². The molecule has 260 valence electrons. The number of ether oxygens (including phenoxy) is 2. The second-order valence-electron chi connectivity index (χ2n) is 12.5. The maximum Gasteiger partial charge on any atom is 0.343 e. The third-order valence-electron chi connectivity index (χ3n) is 8.70. The van der Waals surface area contributed by atoms with E-state index in [-0.39, 0.29) is 32.9 Å². The first-order valence-corrected chi connectivity index (χ1v) is 19.8. The fraction of sp³-hybridized carbons (Fsp3) is 0.0638. The molecule has 0 bridgehead atoms. The largest absolute Gasteiger partial charge is 0.423 e. The van der Waals surface area contributed by atoms with Crippen molar-refractivity contribution in [3.63, 3.8) is 0 Å². The molecule has 7 aromatic carbocycles. The second kappa shape index (κ2) is 16.2. The van der Waals surface area contributed by atoms with Crippen LogP contribution in [-0.4, -0.2) is 11.9 Å². The third-order valence-corrected chi connectivity index (χ3v) is 13.1. The minimum atomic E-state index is -0.550. The third kappa shape index (κ3) is 8.15. The summed E-state index contributed by atoms with van der Waals surface area (Å²) in [5.74, 6) is -0.116. The maximum atomic E-state index is 13.5. The predicted molar refractivity (Wildman–Crippen MR) is 214 cm³/mol. The Hall–Kier alpha value is -5.82. The lowest BCUT2D eigenvalue weighted by Crippen LogP contribution is -2.14. The number of rotatable bonds is 10. The summed E-state index contributed by atoms with van der Waals surface area (Å²) >= 11 is 0. The first kappa shape index (κ1) is 35.6. The highest BCUT2D eigenvalue weighted by atomic mass is 32.2. The summed E-state index contributed by atoms with van der Waals surface area (Å²) in [6.07, 6.45) is 0. The minimum absolute atomic E-state index is 0.259. The van der Waals surface area contributed by atoms with E-state index in [0.717, 1.165) is 26.5 Å². The van der Waals surface area contributed by atoms with Gasteiger partial charge in [0.15, 0.2) is 29.4 Å². The first-order chi connectivity index (χ1) is 25.9. The van der Waals surface area contributed by atoms with Crippen LogP contribution in [0.2, 0.25) is 0 Å². The van der Waals surface area contributed by atoms with E-state index in [9.17, 15) is 9.59 Å². The Bertz CT molecular complexity index is 2260. The number of carbonyl (C=O) groups is 2. The van der Waals surface area contributed by atoms with Crippen LogP contribution in [0.25, 0.3) is 0 Å². The van der Waals surface area contributed by atoms with E-state index in [1.165, 1.54) is 25.6 Å². The van der Waals surface area contributed by atoms with Gasteiger partial charge in [-0.15, -0.1) is 0 Å². The number of carbonyl (C=O) groups excluding carboxylic acids is 2. The van der Waals surface area contributed by atoms with Gasteiger partial charge in [0, 0.05) is 18.2 Å². The van der Waals surface area contributed by atoms with Gasteiger partial charge in [0.25, 0.3) is 0 Å². The van der Waals surface area contributed by atoms with Crippen molar-refractivity contribution in [2.75, 3.05) is 0 Å². The number of hydrogen-bond acceptors (Lipinski definition) is 4. The van der Waals surface area contributed by atoms with Gasteiger partial charge >= 0.3 is 11.9 Å². The number of benzene rings is 7. The van der Waals surface area contributed by atoms with E-state index in [1.807, 2.05) is 57.2 Å². The van der Waals surface area contributed by atoms with Gasteiger partial charge in [-0.25, -0.2) is 9.59 Å². The van der Waals surface area contributed by atoms with Gasteiger partial charge in [-0.2, -0.15) is 0 Å². The molecule has 0 aliphatic rings. The van der Waals surface area contributed by atoms with Crippen molar-refractivity contribution in [3.8, 4) is 11.5 Å². The lowest BCUT2D eigenvalue weighted by molar-refractivity contribution is 0.0732. The molecule has 53 heavy (non-hydrogen) atoms. The minimum Gasteiger partial charge on any atom is -0.423 e. The lowest BCUT2D eigenvalue weighted by atomic mass is 10.1. The molecule has 7 rings (SSSR count). The van der Waals surface area contributed by atoms with Crippen molar-refractivity contribution < 1.29 is 19.1 Å². The predicted octanol–water partition coefficient (Wildman–Crippen LogP) is 11.2. The molecule has 0 fully saturated rings. The fourth-order valence-electron chi connectivity index (χ4n) is 6.18. The first-order valence-electron chi connectivity index (χ1n) is 17.3. The van der Waals surface area contributed by atoms with Crippen LogP contribution in [0.1, 0.15) is 37.4 Å².